The lowest BCUT2D eigenvalue weighted by Gasteiger charge is -2.23. The van der Waals surface area contributed by atoms with Crippen LogP contribution in [-0.2, 0) is 19.1 Å². The standard InChI is InChI=1S/C31H23ClF4N2O2/c32-20-13-10-19(26(33)16-20)17-38-30(24-6-1-7-25(29(24)37-38)31(34,35)36)18-11-14-21(15-12-18)40-28-9-3-4-22-23(28)5-2-8-27(22)39/h1,3-4,6-7,9-16,27,39H,2,5,8,17H2. The van der Waals surface area contributed by atoms with Crippen molar-refractivity contribution in [3.8, 4) is 22.8 Å². The van der Waals surface area contributed by atoms with E-state index in [2.05, 4.69) is 5.10 Å². The molecule has 0 amide bonds. The molecule has 6 rings (SSSR count). The van der Waals surface area contributed by atoms with E-state index in [0.717, 1.165) is 36.1 Å². The zero-order chi connectivity index (χ0) is 28.0. The molecule has 204 valence electrons. The molecule has 0 saturated heterocycles. The van der Waals surface area contributed by atoms with Crippen molar-refractivity contribution in [3.63, 3.8) is 0 Å². The molecule has 9 heteroatoms. The van der Waals surface area contributed by atoms with Gasteiger partial charge in [-0.25, -0.2) is 4.39 Å². The Morgan fingerprint density at radius 1 is 1.00 bits per heavy atom. The van der Waals surface area contributed by atoms with Crippen molar-refractivity contribution in [2.75, 3.05) is 0 Å². The average molecular weight is 567 g/mol. The average Bonchev–Trinajstić information content (AvgIpc) is 3.29. The van der Waals surface area contributed by atoms with Crippen molar-refractivity contribution in [1.82, 2.24) is 9.78 Å². The van der Waals surface area contributed by atoms with Gasteiger partial charge in [0.1, 0.15) is 22.8 Å². The van der Waals surface area contributed by atoms with Crippen LogP contribution in [-0.4, -0.2) is 14.9 Å². The van der Waals surface area contributed by atoms with Gasteiger partial charge in [-0.2, -0.15) is 18.3 Å². The number of halogens is 5. The molecule has 0 saturated carbocycles. The van der Waals surface area contributed by atoms with Gasteiger partial charge in [0.15, 0.2) is 0 Å². The summed E-state index contributed by atoms with van der Waals surface area (Å²) in [5.74, 6) is 0.619. The maximum atomic E-state index is 14.7. The van der Waals surface area contributed by atoms with Crippen LogP contribution in [0.4, 0.5) is 17.6 Å². The van der Waals surface area contributed by atoms with Gasteiger partial charge in [-0.1, -0.05) is 41.9 Å². The number of rotatable bonds is 5. The van der Waals surface area contributed by atoms with Crippen LogP contribution in [0.25, 0.3) is 22.2 Å². The molecule has 4 nitrogen and oxygen atoms in total. The Morgan fingerprint density at radius 2 is 1.77 bits per heavy atom. The fourth-order valence-electron chi connectivity index (χ4n) is 5.30. The molecular formula is C31H23ClF4N2O2. The first kappa shape index (κ1) is 26.3. The summed E-state index contributed by atoms with van der Waals surface area (Å²) in [5, 5.41) is 15.2. The van der Waals surface area contributed by atoms with Gasteiger partial charge in [0.05, 0.1) is 23.9 Å². The molecule has 0 radical (unpaired) electrons. The van der Waals surface area contributed by atoms with E-state index in [1.807, 2.05) is 18.2 Å². The van der Waals surface area contributed by atoms with E-state index in [1.165, 1.54) is 22.9 Å². The Hall–Kier alpha value is -3.88. The molecular weight excluding hydrogens is 544 g/mol. The monoisotopic (exact) mass is 566 g/mol. The SMILES string of the molecule is OC1CCCc2c(Oc3ccc(-c4c5cccc(C(F)(F)F)c5nn4Cc4ccc(Cl)cc4F)cc3)cccc21. The second-order valence-electron chi connectivity index (χ2n) is 9.80. The van der Waals surface area contributed by atoms with Crippen LogP contribution in [0.2, 0.25) is 5.02 Å². The van der Waals surface area contributed by atoms with Gasteiger partial charge in [-0.3, -0.25) is 4.68 Å². The van der Waals surface area contributed by atoms with Gasteiger partial charge < -0.3 is 9.84 Å². The maximum absolute atomic E-state index is 14.7. The van der Waals surface area contributed by atoms with Crippen LogP contribution in [0.15, 0.2) is 78.9 Å². The van der Waals surface area contributed by atoms with Crippen molar-refractivity contribution < 1.29 is 27.4 Å². The molecule has 1 N–H and O–H groups in total. The summed E-state index contributed by atoms with van der Waals surface area (Å²) >= 11 is 5.89. The van der Waals surface area contributed by atoms with Crippen molar-refractivity contribution in [2.45, 2.75) is 38.1 Å². The molecule has 1 aliphatic carbocycles. The third-order valence-electron chi connectivity index (χ3n) is 7.20. The predicted molar refractivity (Wildman–Crippen MR) is 145 cm³/mol. The van der Waals surface area contributed by atoms with Gasteiger partial charge >= 0.3 is 6.18 Å². The van der Waals surface area contributed by atoms with Crippen LogP contribution < -0.4 is 4.74 Å². The van der Waals surface area contributed by atoms with E-state index in [0.29, 0.717) is 34.6 Å². The molecule has 1 unspecified atom stereocenters. The molecule has 5 aromatic rings. The fraction of sp³-hybridized carbons (Fsp3) is 0.194. The first-order valence-electron chi connectivity index (χ1n) is 12.8. The van der Waals surface area contributed by atoms with E-state index < -0.39 is 23.7 Å². The summed E-state index contributed by atoms with van der Waals surface area (Å²) in [4.78, 5) is 0. The van der Waals surface area contributed by atoms with Gasteiger partial charge in [-0.15, -0.1) is 0 Å². The first-order chi connectivity index (χ1) is 19.2. The smallest absolute Gasteiger partial charge is 0.418 e. The predicted octanol–water partition coefficient (Wildman–Crippen LogP) is 8.72. The number of hydrogen-bond donors (Lipinski definition) is 1. The number of alkyl halides is 3. The summed E-state index contributed by atoms with van der Waals surface area (Å²) in [6.45, 7) is -0.0962. The Morgan fingerprint density at radius 3 is 2.52 bits per heavy atom. The highest BCUT2D eigenvalue weighted by molar-refractivity contribution is 6.30. The summed E-state index contributed by atoms with van der Waals surface area (Å²) in [5.41, 5.74) is 2.01. The molecule has 1 heterocycles. The summed E-state index contributed by atoms with van der Waals surface area (Å²) in [6, 6.07) is 20.6. The molecule has 0 bridgehead atoms. The minimum atomic E-state index is -4.61. The van der Waals surface area contributed by atoms with Crippen LogP contribution in [0.5, 0.6) is 11.5 Å². The number of nitrogens with zero attached hydrogens (tertiary/aromatic N) is 2. The molecule has 0 fully saturated rings. The van der Waals surface area contributed by atoms with Crippen LogP contribution in [0.1, 0.15) is 41.2 Å². The fourth-order valence-corrected chi connectivity index (χ4v) is 5.46. The zero-order valence-corrected chi connectivity index (χ0v) is 21.8. The van der Waals surface area contributed by atoms with E-state index >= 15 is 0 Å². The van der Waals surface area contributed by atoms with Gasteiger partial charge in [0, 0.05) is 27.1 Å². The van der Waals surface area contributed by atoms with Gasteiger partial charge in [0.25, 0.3) is 0 Å². The summed E-state index contributed by atoms with van der Waals surface area (Å²) in [6.07, 6.45) is -2.76. The summed E-state index contributed by atoms with van der Waals surface area (Å²) < 4.78 is 63.7. The molecule has 1 atom stereocenters. The number of benzene rings is 4. The minimum absolute atomic E-state index is 0.0962. The zero-order valence-electron chi connectivity index (χ0n) is 21.1. The van der Waals surface area contributed by atoms with Gasteiger partial charge in [0.2, 0.25) is 0 Å². The number of aromatic nitrogens is 2. The van der Waals surface area contributed by atoms with Crippen molar-refractivity contribution >= 4 is 22.5 Å². The van der Waals surface area contributed by atoms with Crippen molar-refractivity contribution in [1.29, 1.82) is 0 Å². The number of ether oxygens (including phenoxy) is 1. The van der Waals surface area contributed by atoms with Gasteiger partial charge in [-0.05, 0) is 73.4 Å². The lowest BCUT2D eigenvalue weighted by Crippen LogP contribution is -2.10. The topological polar surface area (TPSA) is 47.3 Å². The Labute approximate surface area is 232 Å². The highest BCUT2D eigenvalue weighted by Gasteiger charge is 2.34. The van der Waals surface area contributed by atoms with Crippen molar-refractivity contribution in [3.05, 3.63) is 112 Å². The number of aliphatic hydroxyl groups is 1. The Kier molecular flexibility index (Phi) is 6.76. The minimum Gasteiger partial charge on any atom is -0.457 e. The second-order valence-corrected chi connectivity index (χ2v) is 10.2. The highest BCUT2D eigenvalue weighted by atomic mass is 35.5. The lowest BCUT2D eigenvalue weighted by molar-refractivity contribution is -0.136. The van der Waals surface area contributed by atoms with Crippen LogP contribution in [0, 0.1) is 5.82 Å². The second kappa shape index (κ2) is 10.3. The van der Waals surface area contributed by atoms with Crippen LogP contribution in [0.3, 0.4) is 0 Å². The lowest BCUT2D eigenvalue weighted by atomic mass is 9.89. The number of aliphatic hydroxyl groups excluding tert-OH is 1. The molecule has 0 aliphatic heterocycles. The first-order valence-corrected chi connectivity index (χ1v) is 13.2. The normalized spacial score (nSPS) is 15.3. The van der Waals surface area contributed by atoms with E-state index in [-0.39, 0.29) is 22.6 Å². The summed E-state index contributed by atoms with van der Waals surface area (Å²) in [7, 11) is 0. The molecule has 4 aromatic carbocycles. The highest BCUT2D eigenvalue weighted by Crippen LogP contribution is 2.40. The van der Waals surface area contributed by atoms with Crippen molar-refractivity contribution in [2.24, 2.45) is 0 Å². The quantitative estimate of drug-likeness (QED) is 0.216. The third kappa shape index (κ3) is 4.93. The Balaban J connectivity index is 1.41. The third-order valence-corrected chi connectivity index (χ3v) is 7.43. The molecule has 40 heavy (non-hydrogen) atoms. The largest absolute Gasteiger partial charge is 0.457 e. The number of fused-ring (bicyclic) bond motifs is 2. The number of hydrogen-bond acceptors (Lipinski definition) is 3. The molecule has 1 aromatic heterocycles. The maximum Gasteiger partial charge on any atom is 0.418 e. The van der Waals surface area contributed by atoms with E-state index in [4.69, 9.17) is 16.3 Å². The van der Waals surface area contributed by atoms with E-state index in [1.54, 1.807) is 30.3 Å². The molecule has 0 spiro atoms. The van der Waals surface area contributed by atoms with Crippen LogP contribution >= 0.6 is 11.6 Å². The Bertz CT molecular complexity index is 1710. The van der Waals surface area contributed by atoms with E-state index in [9.17, 15) is 22.7 Å². The molecule has 1 aliphatic rings.